The molecule has 2 aliphatic heterocycles. The van der Waals surface area contributed by atoms with Gasteiger partial charge in [0.2, 0.25) is 0 Å². The predicted molar refractivity (Wildman–Crippen MR) is 286 cm³/mol. The Kier molecular flexibility index (Phi) is 9.70. The van der Waals surface area contributed by atoms with Gasteiger partial charge in [-0.25, -0.2) is 0 Å². The van der Waals surface area contributed by atoms with Crippen molar-refractivity contribution in [2.75, 3.05) is 4.90 Å². The number of anilines is 3. The van der Waals surface area contributed by atoms with Gasteiger partial charge in [0.1, 0.15) is 11.3 Å². The molecule has 2 aliphatic carbocycles. The highest BCUT2D eigenvalue weighted by atomic mass is 16.5. The van der Waals surface area contributed by atoms with Crippen molar-refractivity contribution in [2.45, 2.75) is 50.8 Å². The molecule has 2 aromatic heterocycles. The molecule has 69 heavy (non-hydrogen) atoms. The molecule has 0 radical (unpaired) electrons. The van der Waals surface area contributed by atoms with Gasteiger partial charge in [0.15, 0.2) is 11.8 Å². The summed E-state index contributed by atoms with van der Waals surface area (Å²) in [4.78, 5) is 2.47. The summed E-state index contributed by atoms with van der Waals surface area (Å²) in [6.45, 7) is 8.67. The third-order valence-corrected chi connectivity index (χ3v) is 14.8. The zero-order chi connectivity index (χ0) is 46.2. The molecular weight excluding hydrogens is 843 g/mol. The van der Waals surface area contributed by atoms with Gasteiger partial charge in [-0.2, -0.15) is 0 Å². The van der Waals surface area contributed by atoms with Crippen LogP contribution in [0.4, 0.5) is 17.1 Å². The Bertz CT molecular complexity index is 3690. The van der Waals surface area contributed by atoms with Crippen molar-refractivity contribution in [2.24, 2.45) is 0 Å². The first-order valence-electron chi connectivity index (χ1n) is 24.3. The number of rotatable bonds is 8. The van der Waals surface area contributed by atoms with Gasteiger partial charge >= 0.3 is 0 Å². The van der Waals surface area contributed by atoms with Crippen molar-refractivity contribution in [1.82, 2.24) is 9.88 Å². The second-order valence-corrected chi connectivity index (χ2v) is 18.6. The fraction of sp³-hybridized carbons (Fsp3) is 0.125. The molecule has 7 aromatic carbocycles. The van der Waals surface area contributed by atoms with Crippen LogP contribution in [0.25, 0.3) is 56.3 Å². The van der Waals surface area contributed by atoms with E-state index < -0.39 is 5.41 Å². The zero-order valence-electron chi connectivity index (χ0n) is 38.8. The average molecular weight is 894 g/mol. The van der Waals surface area contributed by atoms with E-state index in [0.717, 1.165) is 97.4 Å². The Morgan fingerprint density at radius 3 is 2.42 bits per heavy atom. The van der Waals surface area contributed by atoms with Crippen LogP contribution in [0.1, 0.15) is 71.3 Å². The molecule has 3 atom stereocenters. The summed E-state index contributed by atoms with van der Waals surface area (Å²) >= 11 is 0. The molecule has 2 bridgehead atoms. The summed E-state index contributed by atoms with van der Waals surface area (Å²) in [6.07, 6.45) is 20.8. The van der Waals surface area contributed by atoms with Gasteiger partial charge in [-0.15, -0.1) is 0 Å². The van der Waals surface area contributed by atoms with Crippen molar-refractivity contribution in [3.63, 3.8) is 0 Å². The zero-order valence-corrected chi connectivity index (χ0v) is 38.8. The van der Waals surface area contributed by atoms with Crippen molar-refractivity contribution < 1.29 is 9.15 Å². The maximum atomic E-state index is 7.40. The summed E-state index contributed by atoms with van der Waals surface area (Å²) in [5.41, 5.74) is 18.3. The molecule has 334 valence electrons. The molecule has 0 saturated heterocycles. The minimum Gasteiger partial charge on any atom is -0.471 e. The summed E-state index contributed by atoms with van der Waals surface area (Å²) in [5, 5.41) is 7.31. The van der Waals surface area contributed by atoms with E-state index in [2.05, 4.69) is 235 Å². The van der Waals surface area contributed by atoms with Crippen LogP contribution in [-0.4, -0.2) is 10.8 Å². The number of ether oxygens (including phenoxy) is 1. The van der Waals surface area contributed by atoms with Gasteiger partial charge in [-0.3, -0.25) is 5.32 Å². The molecule has 13 rings (SSSR count). The number of hydrogen-bond donors (Lipinski definition) is 1. The molecule has 4 aliphatic rings. The first-order chi connectivity index (χ1) is 34.1. The molecule has 4 heterocycles. The third kappa shape index (κ3) is 6.13. The number of nitrogens with one attached hydrogen (secondary N) is 1. The lowest BCUT2D eigenvalue weighted by atomic mass is 9.64. The molecule has 0 fully saturated rings. The number of fused-ring (bicyclic) bond motifs is 12. The number of benzene rings is 7. The normalized spacial score (nSPS) is 19.3. The van der Waals surface area contributed by atoms with Crippen LogP contribution in [0.2, 0.25) is 0 Å². The second kappa shape index (κ2) is 16.3. The Morgan fingerprint density at radius 2 is 1.59 bits per heavy atom. The summed E-state index contributed by atoms with van der Waals surface area (Å²) < 4.78 is 16.4. The maximum absolute atomic E-state index is 7.40. The molecule has 3 unspecified atom stereocenters. The SMILES string of the molecule is C=Cc1c(/C=C\C)c2c(N(c3ccc(C)cc3)c3cc4c(c5c3oc3ccccc35)C3=C(C=CC5NC3c3ccccc3O5)C4(C3=CC=CCCC3)c3ccccc3)cccc2n1-c1ccccc1. The Balaban J connectivity index is 1.22. The lowest BCUT2D eigenvalue weighted by Crippen LogP contribution is -2.39. The van der Waals surface area contributed by atoms with Gasteiger partial charge in [0.05, 0.1) is 34.0 Å². The third-order valence-electron chi connectivity index (χ3n) is 14.8. The van der Waals surface area contributed by atoms with Crippen molar-refractivity contribution in [3.8, 4) is 11.4 Å². The van der Waals surface area contributed by atoms with Crippen LogP contribution >= 0.6 is 0 Å². The van der Waals surface area contributed by atoms with E-state index in [4.69, 9.17) is 9.15 Å². The molecule has 9 aromatic rings. The van der Waals surface area contributed by atoms with Crippen molar-refractivity contribution in [3.05, 3.63) is 251 Å². The number of aromatic nitrogens is 1. The first kappa shape index (κ1) is 41.1. The monoisotopic (exact) mass is 893 g/mol. The highest BCUT2D eigenvalue weighted by molar-refractivity contribution is 6.19. The Morgan fingerprint density at radius 1 is 0.812 bits per heavy atom. The smallest absolute Gasteiger partial charge is 0.170 e. The first-order valence-corrected chi connectivity index (χ1v) is 24.3. The number of aryl methyl sites for hydroxylation is 1. The molecular formula is C64H51N3O2. The molecule has 5 heteroatoms. The topological polar surface area (TPSA) is 42.6 Å². The van der Waals surface area contributed by atoms with Crippen LogP contribution in [0, 0.1) is 6.92 Å². The molecule has 1 N–H and O–H groups in total. The van der Waals surface area contributed by atoms with Gasteiger partial charge in [-0.05, 0) is 128 Å². The van der Waals surface area contributed by atoms with Gasteiger partial charge in [0.25, 0.3) is 0 Å². The minimum atomic E-state index is -0.680. The van der Waals surface area contributed by atoms with E-state index in [-0.39, 0.29) is 12.3 Å². The van der Waals surface area contributed by atoms with Crippen molar-refractivity contribution in [1.29, 1.82) is 0 Å². The number of allylic oxidation sites excluding steroid dienone is 7. The lowest BCUT2D eigenvalue weighted by Gasteiger charge is -2.38. The number of para-hydroxylation sites is 3. The van der Waals surface area contributed by atoms with Gasteiger partial charge in [-0.1, -0.05) is 157 Å². The predicted octanol–water partition coefficient (Wildman–Crippen LogP) is 16.3. The second-order valence-electron chi connectivity index (χ2n) is 18.6. The standard InChI is InChI=1S/C64H51N3O2/c1-4-21-46-51(5-2)66(44-26-14-9-15-27-44)52-30-20-31-53(58(46)52)67(45-36-34-41(3)35-37-45)54-40-50-60(59-47-28-16-18-32-55(47)69-63(54)59)61-49(38-39-57-65-62(61)48-29-17-19-33-56(48)68-57)64(50,43-24-12-8-13-25-43)42-22-10-6-7-11-23-42/h4-6,8-10,12-22,24-40,57,62,65H,2,7,11,23H2,1,3H3/b21-4-. The van der Waals surface area contributed by atoms with Crippen molar-refractivity contribution >= 4 is 67.6 Å². The molecule has 0 saturated carbocycles. The van der Waals surface area contributed by atoms with Crippen LogP contribution < -0.4 is 15.0 Å². The van der Waals surface area contributed by atoms with E-state index in [1.807, 2.05) is 6.08 Å². The van der Waals surface area contributed by atoms with Crippen LogP contribution in [0.5, 0.6) is 5.75 Å². The molecule has 0 amide bonds. The summed E-state index contributed by atoms with van der Waals surface area (Å²) in [5.74, 6) is 0.904. The largest absolute Gasteiger partial charge is 0.471 e. The van der Waals surface area contributed by atoms with Crippen LogP contribution in [0.3, 0.4) is 0 Å². The molecule has 5 nitrogen and oxygen atoms in total. The summed E-state index contributed by atoms with van der Waals surface area (Å²) in [6, 6.07) is 57.1. The van der Waals surface area contributed by atoms with E-state index in [0.29, 0.717) is 0 Å². The highest BCUT2D eigenvalue weighted by Crippen LogP contribution is 2.64. The maximum Gasteiger partial charge on any atom is 0.170 e. The van der Waals surface area contributed by atoms with Crippen LogP contribution in [-0.2, 0) is 5.41 Å². The summed E-state index contributed by atoms with van der Waals surface area (Å²) in [7, 11) is 0. The number of nitrogens with zero attached hydrogens (tertiary/aromatic N) is 2. The van der Waals surface area contributed by atoms with E-state index in [9.17, 15) is 0 Å². The van der Waals surface area contributed by atoms with Gasteiger partial charge < -0.3 is 18.6 Å². The molecule has 0 spiro atoms. The minimum absolute atomic E-state index is 0.167. The average Bonchev–Trinajstić information content (AvgIpc) is 3.88. The number of furan rings is 1. The Hall–Kier alpha value is -8.12. The highest BCUT2D eigenvalue weighted by Gasteiger charge is 2.53. The Labute approximate surface area is 403 Å². The lowest BCUT2D eigenvalue weighted by molar-refractivity contribution is 0.179. The fourth-order valence-electron chi connectivity index (χ4n) is 12.1. The van der Waals surface area contributed by atoms with Gasteiger partial charge in [0, 0.05) is 38.7 Å². The number of hydrogen-bond acceptors (Lipinski definition) is 4. The van der Waals surface area contributed by atoms with E-state index in [1.54, 1.807) is 0 Å². The van der Waals surface area contributed by atoms with Crippen LogP contribution in [0.15, 0.2) is 216 Å². The van der Waals surface area contributed by atoms with E-state index in [1.165, 1.54) is 39.0 Å². The fourth-order valence-corrected chi connectivity index (χ4v) is 12.1. The van der Waals surface area contributed by atoms with E-state index >= 15 is 0 Å². The quantitative estimate of drug-likeness (QED) is 0.165.